The first-order valence-corrected chi connectivity index (χ1v) is 8.27. The molecule has 0 bridgehead atoms. The number of imidazole rings is 1. The average Bonchev–Trinajstić information content (AvgIpc) is 3.22. The normalized spacial score (nSPS) is 11.2. The molecular formula is C18H18N6O. The third-order valence-corrected chi connectivity index (χ3v) is 4.07. The van der Waals surface area contributed by atoms with E-state index in [0.29, 0.717) is 24.3 Å². The Kier molecular flexibility index (Phi) is 3.89. The van der Waals surface area contributed by atoms with Crippen molar-refractivity contribution in [3.8, 4) is 11.4 Å². The molecule has 0 atom stereocenters. The van der Waals surface area contributed by atoms with Crippen LogP contribution in [0.4, 0.5) is 0 Å². The number of nitrogens with one attached hydrogen (secondary N) is 1. The van der Waals surface area contributed by atoms with Gasteiger partial charge in [-0.15, -0.1) is 0 Å². The summed E-state index contributed by atoms with van der Waals surface area (Å²) in [5.41, 5.74) is 2.85. The lowest BCUT2D eigenvalue weighted by molar-refractivity contribution is 0.686. The Bertz CT molecular complexity index is 1060. The summed E-state index contributed by atoms with van der Waals surface area (Å²) in [4.78, 5) is 23.6. The highest BCUT2D eigenvalue weighted by Crippen LogP contribution is 2.22. The molecule has 0 unspecified atom stereocenters. The number of aromatic amines is 1. The van der Waals surface area contributed by atoms with E-state index in [4.69, 9.17) is 0 Å². The van der Waals surface area contributed by atoms with Crippen LogP contribution < -0.4 is 5.56 Å². The molecule has 3 heterocycles. The fraction of sp³-hybridized carbons (Fsp3) is 0.222. The number of hydrogen-bond acceptors (Lipinski definition) is 4. The second-order valence-corrected chi connectivity index (χ2v) is 5.90. The molecule has 0 amide bonds. The molecule has 4 aromatic rings. The van der Waals surface area contributed by atoms with Gasteiger partial charge in [0.2, 0.25) is 0 Å². The van der Waals surface area contributed by atoms with E-state index in [9.17, 15) is 4.79 Å². The van der Waals surface area contributed by atoms with Gasteiger partial charge in [0, 0.05) is 12.7 Å². The van der Waals surface area contributed by atoms with Gasteiger partial charge in [-0.2, -0.15) is 5.10 Å². The van der Waals surface area contributed by atoms with Gasteiger partial charge in [0.25, 0.3) is 5.56 Å². The summed E-state index contributed by atoms with van der Waals surface area (Å²) in [5.74, 6) is 0.723. The van der Waals surface area contributed by atoms with Gasteiger partial charge in [-0.3, -0.25) is 9.48 Å². The van der Waals surface area contributed by atoms with Crippen molar-refractivity contribution in [2.24, 2.45) is 0 Å². The number of H-pyrrole nitrogens is 1. The topological polar surface area (TPSA) is 81.4 Å². The molecule has 7 nitrogen and oxygen atoms in total. The van der Waals surface area contributed by atoms with Crippen LogP contribution in [-0.2, 0) is 13.1 Å². The minimum Gasteiger partial charge on any atom is -0.318 e. The van der Waals surface area contributed by atoms with Gasteiger partial charge in [0.05, 0.1) is 24.6 Å². The number of nitrogens with zero attached hydrogens (tertiary/aromatic N) is 5. The molecule has 0 fully saturated rings. The molecule has 3 aromatic heterocycles. The lowest BCUT2D eigenvalue weighted by Gasteiger charge is -2.05. The van der Waals surface area contributed by atoms with Crippen LogP contribution in [-0.4, -0.2) is 29.3 Å². The van der Waals surface area contributed by atoms with E-state index in [2.05, 4.69) is 39.1 Å². The highest BCUT2D eigenvalue weighted by atomic mass is 16.1. The third kappa shape index (κ3) is 2.84. The predicted molar refractivity (Wildman–Crippen MR) is 95.2 cm³/mol. The standard InChI is InChI=1S/C18H18N6O/c1-2-8-24-15-16(19-12-20-18(15)25)22-17(24)14-9-21-23(11-14)10-13-6-4-3-5-7-13/h3-7,9,11-12H,2,8,10H2,1H3,(H,19,20,25). The Morgan fingerprint density at radius 3 is 2.84 bits per heavy atom. The second-order valence-electron chi connectivity index (χ2n) is 5.90. The van der Waals surface area contributed by atoms with Crippen molar-refractivity contribution in [2.45, 2.75) is 26.4 Å². The summed E-state index contributed by atoms with van der Waals surface area (Å²) in [6.45, 7) is 3.46. The van der Waals surface area contributed by atoms with Crippen LogP contribution in [0.2, 0.25) is 0 Å². The van der Waals surface area contributed by atoms with Gasteiger partial charge in [-0.25, -0.2) is 9.97 Å². The number of hydrogen-bond donors (Lipinski definition) is 1. The zero-order valence-corrected chi connectivity index (χ0v) is 13.9. The highest BCUT2D eigenvalue weighted by molar-refractivity contribution is 5.75. The summed E-state index contributed by atoms with van der Waals surface area (Å²) < 4.78 is 3.79. The SMILES string of the molecule is CCCn1c(-c2cnn(Cc3ccccc3)c2)nc2nc[nH]c(=O)c21. The van der Waals surface area contributed by atoms with Crippen molar-refractivity contribution in [2.75, 3.05) is 0 Å². The quantitative estimate of drug-likeness (QED) is 0.608. The van der Waals surface area contributed by atoms with Crippen molar-refractivity contribution >= 4 is 11.2 Å². The van der Waals surface area contributed by atoms with Crippen molar-refractivity contribution in [3.63, 3.8) is 0 Å². The van der Waals surface area contributed by atoms with Gasteiger partial charge < -0.3 is 9.55 Å². The van der Waals surface area contributed by atoms with E-state index < -0.39 is 0 Å². The fourth-order valence-corrected chi connectivity index (χ4v) is 2.97. The van der Waals surface area contributed by atoms with Crippen LogP contribution >= 0.6 is 0 Å². The second kappa shape index (κ2) is 6.35. The van der Waals surface area contributed by atoms with Gasteiger partial charge in [0.15, 0.2) is 11.2 Å². The minimum atomic E-state index is -0.172. The lowest BCUT2D eigenvalue weighted by atomic mass is 10.2. The van der Waals surface area contributed by atoms with Crippen molar-refractivity contribution in [1.29, 1.82) is 0 Å². The summed E-state index contributed by atoms with van der Waals surface area (Å²) >= 11 is 0. The number of benzene rings is 1. The molecular weight excluding hydrogens is 316 g/mol. The van der Waals surface area contributed by atoms with E-state index in [1.165, 1.54) is 11.9 Å². The maximum Gasteiger partial charge on any atom is 0.276 e. The molecule has 0 spiro atoms. The number of aryl methyl sites for hydroxylation is 1. The van der Waals surface area contributed by atoms with E-state index in [0.717, 1.165) is 17.8 Å². The molecule has 7 heteroatoms. The third-order valence-electron chi connectivity index (χ3n) is 4.07. The highest BCUT2D eigenvalue weighted by Gasteiger charge is 2.17. The smallest absolute Gasteiger partial charge is 0.276 e. The van der Waals surface area contributed by atoms with E-state index in [1.807, 2.05) is 33.6 Å². The van der Waals surface area contributed by atoms with Crippen molar-refractivity contribution < 1.29 is 0 Å². The number of aromatic nitrogens is 6. The largest absolute Gasteiger partial charge is 0.318 e. The van der Waals surface area contributed by atoms with Crippen LogP contribution in [0.25, 0.3) is 22.6 Å². The first kappa shape index (κ1) is 15.3. The molecule has 126 valence electrons. The lowest BCUT2D eigenvalue weighted by Crippen LogP contribution is -2.11. The van der Waals surface area contributed by atoms with Crippen LogP contribution in [0, 0.1) is 0 Å². The Balaban J connectivity index is 1.76. The van der Waals surface area contributed by atoms with Crippen LogP contribution in [0.5, 0.6) is 0 Å². The van der Waals surface area contributed by atoms with E-state index in [-0.39, 0.29) is 5.56 Å². The maximum absolute atomic E-state index is 12.2. The van der Waals surface area contributed by atoms with E-state index >= 15 is 0 Å². The average molecular weight is 334 g/mol. The first-order valence-electron chi connectivity index (χ1n) is 8.27. The molecule has 0 radical (unpaired) electrons. The Morgan fingerprint density at radius 1 is 1.20 bits per heavy atom. The number of fused-ring (bicyclic) bond motifs is 1. The molecule has 0 aliphatic carbocycles. The summed E-state index contributed by atoms with van der Waals surface area (Å²) in [7, 11) is 0. The van der Waals surface area contributed by atoms with Crippen molar-refractivity contribution in [3.05, 3.63) is 65.0 Å². The molecule has 0 saturated carbocycles. The fourth-order valence-electron chi connectivity index (χ4n) is 2.97. The Labute approximate surface area is 144 Å². The molecule has 0 aliphatic rings. The monoisotopic (exact) mass is 334 g/mol. The van der Waals surface area contributed by atoms with Gasteiger partial charge in [-0.05, 0) is 12.0 Å². The molecule has 4 rings (SSSR count). The summed E-state index contributed by atoms with van der Waals surface area (Å²) in [5, 5.41) is 4.44. The Hall–Kier alpha value is -3.22. The Morgan fingerprint density at radius 2 is 2.04 bits per heavy atom. The molecule has 25 heavy (non-hydrogen) atoms. The first-order chi connectivity index (χ1) is 12.3. The zero-order chi connectivity index (χ0) is 17.2. The van der Waals surface area contributed by atoms with Gasteiger partial charge in [-0.1, -0.05) is 37.3 Å². The minimum absolute atomic E-state index is 0.172. The van der Waals surface area contributed by atoms with Gasteiger partial charge in [0.1, 0.15) is 5.82 Å². The summed E-state index contributed by atoms with van der Waals surface area (Å²) in [6, 6.07) is 10.2. The molecule has 1 aromatic carbocycles. The zero-order valence-electron chi connectivity index (χ0n) is 13.9. The van der Waals surface area contributed by atoms with E-state index in [1.54, 1.807) is 6.20 Å². The molecule has 0 saturated heterocycles. The maximum atomic E-state index is 12.2. The van der Waals surface area contributed by atoms with Crippen LogP contribution in [0.15, 0.2) is 53.8 Å². The van der Waals surface area contributed by atoms with Crippen LogP contribution in [0.1, 0.15) is 18.9 Å². The molecule has 1 N–H and O–H groups in total. The van der Waals surface area contributed by atoms with Gasteiger partial charge >= 0.3 is 0 Å². The van der Waals surface area contributed by atoms with Crippen molar-refractivity contribution in [1.82, 2.24) is 29.3 Å². The number of rotatable bonds is 5. The predicted octanol–water partition coefficient (Wildman–Crippen LogP) is 2.44. The van der Waals surface area contributed by atoms with Crippen LogP contribution in [0.3, 0.4) is 0 Å². The molecule has 0 aliphatic heterocycles. The summed E-state index contributed by atoms with van der Waals surface area (Å²) in [6.07, 6.45) is 6.01.